The first-order valence-electron chi connectivity index (χ1n) is 6.38. The molecule has 1 aliphatic heterocycles. The zero-order chi connectivity index (χ0) is 15.7. The summed E-state index contributed by atoms with van der Waals surface area (Å²) < 4.78 is 41.5. The van der Waals surface area contributed by atoms with Gasteiger partial charge in [0.2, 0.25) is 0 Å². The number of hydrogen-bond acceptors (Lipinski definition) is 4. The number of halogens is 2. The molecule has 1 aromatic carbocycles. The summed E-state index contributed by atoms with van der Waals surface area (Å²) in [5, 5.41) is 2.59. The molecule has 1 unspecified atom stereocenters. The fourth-order valence-electron chi connectivity index (χ4n) is 2.17. The van der Waals surface area contributed by atoms with Crippen LogP contribution in [0.2, 0.25) is 0 Å². The number of nitrogens with one attached hydrogen (secondary N) is 1. The lowest BCUT2D eigenvalue weighted by Crippen LogP contribution is -2.40. The van der Waals surface area contributed by atoms with Crippen molar-refractivity contribution in [3.8, 4) is 0 Å². The second-order valence-corrected chi connectivity index (χ2v) is 7.73. The molecule has 1 heterocycles. The van der Waals surface area contributed by atoms with E-state index in [-0.39, 0.29) is 17.0 Å². The molecule has 1 atom stereocenters. The summed E-state index contributed by atoms with van der Waals surface area (Å²) in [6.45, 7) is 2.78. The van der Waals surface area contributed by atoms with Gasteiger partial charge in [-0.1, -0.05) is 0 Å². The summed E-state index contributed by atoms with van der Waals surface area (Å²) in [5.41, 5.74) is -0.674. The van der Waals surface area contributed by atoms with E-state index in [1.807, 2.05) is 6.92 Å². The van der Waals surface area contributed by atoms with Gasteiger partial charge in [0.25, 0.3) is 15.0 Å². The first kappa shape index (κ1) is 16.2. The highest BCUT2D eigenvalue weighted by molar-refractivity contribution is 8.13. The van der Waals surface area contributed by atoms with E-state index < -0.39 is 26.4 Å². The zero-order valence-electron chi connectivity index (χ0n) is 11.4. The molecule has 8 heteroatoms. The molecule has 1 amide bonds. The molecule has 0 spiro atoms. The van der Waals surface area contributed by atoms with Crippen LogP contribution in [0.5, 0.6) is 0 Å². The van der Waals surface area contributed by atoms with E-state index >= 15 is 0 Å². The summed E-state index contributed by atoms with van der Waals surface area (Å²) in [6.07, 6.45) is 1.74. The number of carbonyl (C=O) groups excluding carboxylic acids is 1. The minimum atomic E-state index is -4.02. The van der Waals surface area contributed by atoms with Crippen molar-refractivity contribution in [1.29, 1.82) is 0 Å². The predicted octanol–water partition coefficient (Wildman–Crippen LogP) is 2.05. The smallest absolute Gasteiger partial charge is 0.261 e. The molecule has 1 aliphatic rings. The quantitative estimate of drug-likeness (QED) is 0.855. The molecular weight excluding hydrogens is 321 g/mol. The SMILES string of the molecule is CC1(CNC(=O)c2ccc(S(=O)(=O)Cl)cc2F)CCCO1. The van der Waals surface area contributed by atoms with Crippen molar-refractivity contribution in [2.75, 3.05) is 13.2 Å². The van der Waals surface area contributed by atoms with Crippen molar-refractivity contribution in [2.24, 2.45) is 0 Å². The molecular formula is C13H15ClFNO4S. The molecule has 21 heavy (non-hydrogen) atoms. The number of ether oxygens (including phenoxy) is 1. The maximum Gasteiger partial charge on any atom is 0.261 e. The largest absolute Gasteiger partial charge is 0.373 e. The van der Waals surface area contributed by atoms with E-state index in [2.05, 4.69) is 5.32 Å². The third-order valence-electron chi connectivity index (χ3n) is 3.39. The molecule has 116 valence electrons. The van der Waals surface area contributed by atoms with Gasteiger partial charge in [-0.05, 0) is 38.0 Å². The molecule has 2 rings (SSSR count). The Morgan fingerprint density at radius 1 is 1.52 bits per heavy atom. The van der Waals surface area contributed by atoms with Gasteiger partial charge in [0, 0.05) is 23.8 Å². The lowest BCUT2D eigenvalue weighted by molar-refractivity contribution is 0.0205. The normalized spacial score (nSPS) is 22.2. The molecule has 1 aromatic rings. The minimum absolute atomic E-state index is 0.235. The number of benzene rings is 1. The van der Waals surface area contributed by atoms with E-state index in [0.29, 0.717) is 6.61 Å². The number of rotatable bonds is 4. The molecule has 1 saturated heterocycles. The van der Waals surface area contributed by atoms with E-state index in [9.17, 15) is 17.6 Å². The second-order valence-electron chi connectivity index (χ2n) is 5.16. The van der Waals surface area contributed by atoms with Crippen molar-refractivity contribution in [3.05, 3.63) is 29.6 Å². The monoisotopic (exact) mass is 335 g/mol. The van der Waals surface area contributed by atoms with E-state index in [0.717, 1.165) is 31.0 Å². The van der Waals surface area contributed by atoms with Gasteiger partial charge in [-0.15, -0.1) is 0 Å². The van der Waals surface area contributed by atoms with Gasteiger partial charge in [0.15, 0.2) is 0 Å². The molecule has 0 aliphatic carbocycles. The second kappa shape index (κ2) is 5.90. The Kier molecular flexibility index (Phi) is 4.55. The minimum Gasteiger partial charge on any atom is -0.373 e. The van der Waals surface area contributed by atoms with Crippen LogP contribution in [0.4, 0.5) is 4.39 Å². The average Bonchev–Trinajstić information content (AvgIpc) is 2.82. The van der Waals surface area contributed by atoms with Crippen molar-refractivity contribution in [3.63, 3.8) is 0 Å². The molecule has 1 fully saturated rings. The van der Waals surface area contributed by atoms with Gasteiger partial charge in [-0.25, -0.2) is 12.8 Å². The Bertz CT molecular complexity index is 656. The van der Waals surface area contributed by atoms with Gasteiger partial charge in [0.1, 0.15) is 5.82 Å². The Hall–Kier alpha value is -1.18. The fraction of sp³-hybridized carbons (Fsp3) is 0.462. The van der Waals surface area contributed by atoms with Crippen LogP contribution in [0.15, 0.2) is 23.1 Å². The van der Waals surface area contributed by atoms with Crippen molar-refractivity contribution >= 4 is 25.6 Å². The molecule has 0 radical (unpaired) electrons. The zero-order valence-corrected chi connectivity index (χ0v) is 12.9. The maximum atomic E-state index is 13.8. The summed E-state index contributed by atoms with van der Waals surface area (Å²) in [6, 6.07) is 2.91. The summed E-state index contributed by atoms with van der Waals surface area (Å²) in [7, 11) is 1.09. The van der Waals surface area contributed by atoms with E-state index in [1.54, 1.807) is 0 Å². The molecule has 0 aromatic heterocycles. The van der Waals surface area contributed by atoms with E-state index in [4.69, 9.17) is 15.4 Å². The highest BCUT2D eigenvalue weighted by atomic mass is 35.7. The van der Waals surface area contributed by atoms with Gasteiger partial charge >= 0.3 is 0 Å². The van der Waals surface area contributed by atoms with Crippen LogP contribution in [-0.4, -0.2) is 33.1 Å². The Labute approximate surface area is 126 Å². The van der Waals surface area contributed by atoms with Crippen LogP contribution in [0.1, 0.15) is 30.1 Å². The summed E-state index contributed by atoms with van der Waals surface area (Å²) in [5.74, 6) is -1.56. The molecule has 5 nitrogen and oxygen atoms in total. The molecule has 0 bridgehead atoms. The van der Waals surface area contributed by atoms with Crippen LogP contribution < -0.4 is 5.32 Å². The summed E-state index contributed by atoms with van der Waals surface area (Å²) >= 11 is 0. The third kappa shape index (κ3) is 3.93. The predicted molar refractivity (Wildman–Crippen MR) is 75.4 cm³/mol. The first-order valence-corrected chi connectivity index (χ1v) is 8.69. The topological polar surface area (TPSA) is 72.5 Å². The number of carbonyl (C=O) groups is 1. The first-order chi connectivity index (χ1) is 9.71. The van der Waals surface area contributed by atoms with Gasteiger partial charge in [0.05, 0.1) is 16.1 Å². The van der Waals surface area contributed by atoms with Crippen molar-refractivity contribution < 1.29 is 22.3 Å². The lowest BCUT2D eigenvalue weighted by Gasteiger charge is -2.23. The highest BCUT2D eigenvalue weighted by Crippen LogP contribution is 2.24. The van der Waals surface area contributed by atoms with Gasteiger partial charge in [-0.3, -0.25) is 4.79 Å². The summed E-state index contributed by atoms with van der Waals surface area (Å²) in [4.78, 5) is 11.6. The van der Waals surface area contributed by atoms with Gasteiger partial charge < -0.3 is 10.1 Å². The molecule has 0 saturated carbocycles. The van der Waals surface area contributed by atoms with Crippen molar-refractivity contribution in [1.82, 2.24) is 5.32 Å². The molecule has 1 N–H and O–H groups in total. The Morgan fingerprint density at radius 2 is 2.24 bits per heavy atom. The van der Waals surface area contributed by atoms with Crippen LogP contribution >= 0.6 is 10.7 Å². The lowest BCUT2D eigenvalue weighted by atomic mass is 10.0. The average molecular weight is 336 g/mol. The van der Waals surface area contributed by atoms with Crippen LogP contribution in [0, 0.1) is 5.82 Å². The standard InChI is InChI=1S/C13H15ClFNO4S/c1-13(5-2-6-20-13)8-16-12(17)10-4-3-9(7-11(10)15)21(14,18)19/h3-4,7H,2,5-6,8H2,1H3,(H,16,17). The van der Waals surface area contributed by atoms with Gasteiger partial charge in [-0.2, -0.15) is 0 Å². The number of amides is 1. The maximum absolute atomic E-state index is 13.8. The van der Waals surface area contributed by atoms with Crippen LogP contribution in [0.3, 0.4) is 0 Å². The number of hydrogen-bond donors (Lipinski definition) is 1. The third-order valence-corrected chi connectivity index (χ3v) is 4.74. The Balaban J connectivity index is 2.09. The van der Waals surface area contributed by atoms with E-state index in [1.165, 1.54) is 0 Å². The highest BCUT2D eigenvalue weighted by Gasteiger charge is 2.30. The Morgan fingerprint density at radius 3 is 2.76 bits per heavy atom. The van der Waals surface area contributed by atoms with Crippen LogP contribution in [0.25, 0.3) is 0 Å². The van der Waals surface area contributed by atoms with Crippen LogP contribution in [-0.2, 0) is 13.8 Å². The fourth-order valence-corrected chi connectivity index (χ4v) is 2.93. The van der Waals surface area contributed by atoms with Crippen molar-refractivity contribution in [2.45, 2.75) is 30.3 Å².